The summed E-state index contributed by atoms with van der Waals surface area (Å²) in [5.41, 5.74) is 2.02. The van der Waals surface area contributed by atoms with Gasteiger partial charge in [-0.25, -0.2) is 4.68 Å². The molecule has 1 aromatic carbocycles. The lowest BCUT2D eigenvalue weighted by Crippen LogP contribution is -1.96. The standard InChI is InChI=1S/C13H15N3O/c17-11-9-14-8-6-12-7-10-16(15-12)13-4-2-1-3-5-13/h1-5,7-8,10,17H,6,9,11H2. The lowest BCUT2D eigenvalue weighted by molar-refractivity contribution is 0.307. The van der Waals surface area contributed by atoms with E-state index in [0.717, 1.165) is 11.4 Å². The van der Waals surface area contributed by atoms with Gasteiger partial charge in [0.2, 0.25) is 0 Å². The van der Waals surface area contributed by atoms with E-state index in [4.69, 9.17) is 5.11 Å². The summed E-state index contributed by atoms with van der Waals surface area (Å²) in [6, 6.07) is 11.9. The Kier molecular flexibility index (Phi) is 4.05. The third-order valence-corrected chi connectivity index (χ3v) is 2.32. The van der Waals surface area contributed by atoms with Crippen LogP contribution in [0.25, 0.3) is 5.69 Å². The average molecular weight is 229 g/mol. The number of hydrogen-bond acceptors (Lipinski definition) is 3. The number of aliphatic hydroxyl groups is 1. The van der Waals surface area contributed by atoms with Crippen LogP contribution in [-0.4, -0.2) is 34.3 Å². The van der Waals surface area contributed by atoms with E-state index in [-0.39, 0.29) is 6.61 Å². The maximum atomic E-state index is 8.58. The van der Waals surface area contributed by atoms with Crippen LogP contribution in [0.4, 0.5) is 0 Å². The Morgan fingerprint density at radius 1 is 1.24 bits per heavy atom. The molecule has 0 unspecified atom stereocenters. The summed E-state index contributed by atoms with van der Waals surface area (Å²) in [6.45, 7) is 0.550. The SMILES string of the molecule is OCCN=CCc1ccn(-c2ccccc2)n1. The second-order valence-corrected chi connectivity index (χ2v) is 3.60. The van der Waals surface area contributed by atoms with Crippen LogP contribution in [-0.2, 0) is 6.42 Å². The highest BCUT2D eigenvalue weighted by molar-refractivity contribution is 5.60. The van der Waals surface area contributed by atoms with Gasteiger partial charge in [0, 0.05) is 18.8 Å². The van der Waals surface area contributed by atoms with Crippen LogP contribution in [0.5, 0.6) is 0 Å². The molecule has 4 heteroatoms. The summed E-state index contributed by atoms with van der Waals surface area (Å²) >= 11 is 0. The van der Waals surface area contributed by atoms with Gasteiger partial charge < -0.3 is 5.11 Å². The van der Waals surface area contributed by atoms with E-state index < -0.39 is 0 Å². The monoisotopic (exact) mass is 229 g/mol. The fourth-order valence-corrected chi connectivity index (χ4v) is 1.50. The average Bonchev–Trinajstić information content (AvgIpc) is 2.85. The van der Waals surface area contributed by atoms with Gasteiger partial charge >= 0.3 is 0 Å². The predicted molar refractivity (Wildman–Crippen MR) is 67.7 cm³/mol. The van der Waals surface area contributed by atoms with Gasteiger partial charge in [0.15, 0.2) is 0 Å². The molecule has 1 N–H and O–H groups in total. The summed E-state index contributed by atoms with van der Waals surface area (Å²) < 4.78 is 1.84. The Morgan fingerprint density at radius 3 is 2.82 bits per heavy atom. The molecular formula is C13H15N3O. The van der Waals surface area contributed by atoms with Gasteiger partial charge in [0.05, 0.1) is 24.5 Å². The zero-order valence-corrected chi connectivity index (χ0v) is 9.53. The first-order chi connectivity index (χ1) is 8.40. The van der Waals surface area contributed by atoms with Crippen molar-refractivity contribution < 1.29 is 5.11 Å². The Balaban J connectivity index is 2.01. The van der Waals surface area contributed by atoms with Crippen molar-refractivity contribution in [3.63, 3.8) is 0 Å². The quantitative estimate of drug-likeness (QED) is 0.789. The molecule has 0 amide bonds. The number of aromatic nitrogens is 2. The molecule has 4 nitrogen and oxygen atoms in total. The molecule has 88 valence electrons. The molecule has 0 fully saturated rings. The number of para-hydroxylation sites is 1. The van der Waals surface area contributed by atoms with Gasteiger partial charge in [0.25, 0.3) is 0 Å². The molecule has 0 aliphatic carbocycles. The van der Waals surface area contributed by atoms with E-state index in [1.165, 1.54) is 0 Å². The van der Waals surface area contributed by atoms with Crippen LogP contribution in [0.15, 0.2) is 47.6 Å². The molecule has 2 rings (SSSR count). The zero-order chi connectivity index (χ0) is 11.9. The fraction of sp³-hybridized carbons (Fsp3) is 0.231. The molecule has 0 radical (unpaired) electrons. The summed E-state index contributed by atoms with van der Waals surface area (Å²) in [7, 11) is 0. The minimum Gasteiger partial charge on any atom is -0.394 e. The van der Waals surface area contributed by atoms with Crippen molar-refractivity contribution in [3.05, 3.63) is 48.3 Å². The van der Waals surface area contributed by atoms with Crippen LogP contribution in [0.1, 0.15) is 5.69 Å². The van der Waals surface area contributed by atoms with Crippen molar-refractivity contribution in [1.82, 2.24) is 9.78 Å². The number of aliphatic imine (C=N–C) groups is 1. The highest BCUT2D eigenvalue weighted by Gasteiger charge is 1.98. The van der Waals surface area contributed by atoms with Crippen LogP contribution in [0.3, 0.4) is 0 Å². The molecule has 2 aromatic rings. The Hall–Kier alpha value is -1.94. The summed E-state index contributed by atoms with van der Waals surface area (Å²) in [4.78, 5) is 4.04. The van der Waals surface area contributed by atoms with Crippen molar-refractivity contribution in [3.8, 4) is 5.69 Å². The smallest absolute Gasteiger partial charge is 0.0682 e. The maximum absolute atomic E-state index is 8.58. The lowest BCUT2D eigenvalue weighted by Gasteiger charge is -1.99. The minimum absolute atomic E-state index is 0.0922. The third-order valence-electron chi connectivity index (χ3n) is 2.32. The number of hydrogen-bond donors (Lipinski definition) is 1. The van der Waals surface area contributed by atoms with E-state index in [1.54, 1.807) is 6.21 Å². The zero-order valence-electron chi connectivity index (χ0n) is 9.53. The molecule has 0 spiro atoms. The minimum atomic E-state index is 0.0922. The summed E-state index contributed by atoms with van der Waals surface area (Å²) in [5, 5.41) is 13.0. The number of rotatable bonds is 5. The lowest BCUT2D eigenvalue weighted by atomic mass is 10.3. The maximum Gasteiger partial charge on any atom is 0.0682 e. The number of aliphatic hydroxyl groups excluding tert-OH is 1. The third kappa shape index (κ3) is 3.26. The molecule has 0 saturated heterocycles. The Bertz CT molecular complexity index is 476. The van der Waals surface area contributed by atoms with Crippen LogP contribution < -0.4 is 0 Å². The van der Waals surface area contributed by atoms with E-state index in [1.807, 2.05) is 47.3 Å². The second-order valence-electron chi connectivity index (χ2n) is 3.60. The Morgan fingerprint density at radius 2 is 2.06 bits per heavy atom. The molecular weight excluding hydrogens is 214 g/mol. The highest BCUT2D eigenvalue weighted by Crippen LogP contribution is 2.06. The van der Waals surface area contributed by atoms with Crippen LogP contribution in [0.2, 0.25) is 0 Å². The van der Waals surface area contributed by atoms with Crippen molar-refractivity contribution in [1.29, 1.82) is 0 Å². The molecule has 0 saturated carbocycles. The van der Waals surface area contributed by atoms with Crippen molar-refractivity contribution >= 4 is 6.21 Å². The van der Waals surface area contributed by atoms with Gasteiger partial charge in [-0.15, -0.1) is 0 Å². The summed E-state index contributed by atoms with van der Waals surface area (Å²) in [5.74, 6) is 0. The van der Waals surface area contributed by atoms with Crippen molar-refractivity contribution in [2.45, 2.75) is 6.42 Å². The molecule has 0 aliphatic heterocycles. The normalized spacial score (nSPS) is 11.1. The second kappa shape index (κ2) is 5.96. The van der Waals surface area contributed by atoms with Gasteiger partial charge in [-0.1, -0.05) is 18.2 Å². The van der Waals surface area contributed by atoms with E-state index >= 15 is 0 Å². The van der Waals surface area contributed by atoms with Gasteiger partial charge in [-0.2, -0.15) is 5.10 Å². The van der Waals surface area contributed by atoms with Crippen molar-refractivity contribution in [2.75, 3.05) is 13.2 Å². The molecule has 0 aliphatic rings. The van der Waals surface area contributed by atoms with Gasteiger partial charge in [0.1, 0.15) is 0 Å². The fourth-order valence-electron chi connectivity index (χ4n) is 1.50. The number of benzene rings is 1. The van der Waals surface area contributed by atoms with Crippen LogP contribution >= 0.6 is 0 Å². The molecule has 0 atom stereocenters. The largest absolute Gasteiger partial charge is 0.394 e. The predicted octanol–water partition coefficient (Wildman–Crippen LogP) is 1.48. The Labute approximate surface area is 100 Å². The van der Waals surface area contributed by atoms with Crippen LogP contribution in [0, 0.1) is 0 Å². The first kappa shape index (κ1) is 11.5. The highest BCUT2D eigenvalue weighted by atomic mass is 16.3. The van der Waals surface area contributed by atoms with E-state index in [9.17, 15) is 0 Å². The van der Waals surface area contributed by atoms with Gasteiger partial charge in [-0.05, 0) is 18.2 Å². The van der Waals surface area contributed by atoms with E-state index in [2.05, 4.69) is 10.1 Å². The first-order valence-corrected chi connectivity index (χ1v) is 5.59. The van der Waals surface area contributed by atoms with Crippen molar-refractivity contribution in [2.24, 2.45) is 4.99 Å². The molecule has 17 heavy (non-hydrogen) atoms. The molecule has 0 bridgehead atoms. The topological polar surface area (TPSA) is 50.4 Å². The summed E-state index contributed by atoms with van der Waals surface area (Å²) in [6.07, 6.45) is 4.41. The van der Waals surface area contributed by atoms with E-state index in [0.29, 0.717) is 13.0 Å². The van der Waals surface area contributed by atoms with Gasteiger partial charge in [-0.3, -0.25) is 4.99 Å². The number of nitrogens with zero attached hydrogens (tertiary/aromatic N) is 3. The first-order valence-electron chi connectivity index (χ1n) is 5.59. The molecule has 1 aromatic heterocycles. The molecule has 1 heterocycles.